The summed E-state index contributed by atoms with van der Waals surface area (Å²) in [5, 5.41) is 9.27. The van der Waals surface area contributed by atoms with Crippen molar-refractivity contribution in [2.75, 3.05) is 27.1 Å². The lowest BCUT2D eigenvalue weighted by Gasteiger charge is -2.41. The molecule has 0 saturated heterocycles. The lowest BCUT2D eigenvalue weighted by atomic mass is 9.95. The zero-order valence-electron chi connectivity index (χ0n) is 13.8. The molecule has 1 heterocycles. The lowest BCUT2D eigenvalue weighted by molar-refractivity contribution is -0.102. The van der Waals surface area contributed by atoms with Gasteiger partial charge < -0.3 is 19.3 Å². The molecule has 140 valence electrons. The third-order valence-electron chi connectivity index (χ3n) is 3.68. The summed E-state index contributed by atoms with van der Waals surface area (Å²) in [5.41, 5.74) is 0. The van der Waals surface area contributed by atoms with Gasteiger partial charge in [-0.05, 0) is 19.3 Å². The normalized spacial score (nSPS) is 22.5. The van der Waals surface area contributed by atoms with Gasteiger partial charge in [-0.1, -0.05) is 53.9 Å². The number of halogens is 3. The summed E-state index contributed by atoms with van der Waals surface area (Å²) < 4.78 is 14.1. The molecule has 0 spiro atoms. The summed E-state index contributed by atoms with van der Waals surface area (Å²) >= 11 is 16.9. The van der Waals surface area contributed by atoms with Gasteiger partial charge in [-0.15, -0.1) is 0 Å². The van der Waals surface area contributed by atoms with E-state index in [0.717, 1.165) is 0 Å². The Balaban J connectivity index is 2.92. The Kier molecular flexibility index (Phi) is 9.71. The topological polar surface area (TPSA) is 68.2 Å². The van der Waals surface area contributed by atoms with E-state index in [1.807, 2.05) is 19.1 Å². The van der Waals surface area contributed by atoms with Crippen LogP contribution in [0, 0.1) is 0 Å². The van der Waals surface area contributed by atoms with Crippen molar-refractivity contribution in [3.63, 3.8) is 0 Å². The molecule has 1 rings (SSSR count). The molecule has 1 aliphatic heterocycles. The van der Waals surface area contributed by atoms with Crippen molar-refractivity contribution in [3.8, 4) is 0 Å². The number of hydrogen-bond donors (Lipinski definition) is 1. The van der Waals surface area contributed by atoms with Gasteiger partial charge in [0, 0.05) is 13.7 Å². The monoisotopic (exact) mass is 403 g/mol. The molecule has 1 amide bonds. The molecule has 0 aliphatic carbocycles. The van der Waals surface area contributed by atoms with Crippen molar-refractivity contribution in [3.05, 3.63) is 12.2 Å². The van der Waals surface area contributed by atoms with Gasteiger partial charge in [0.2, 0.25) is 3.79 Å². The quantitative estimate of drug-likeness (QED) is 0.382. The molecule has 3 atom stereocenters. The summed E-state index contributed by atoms with van der Waals surface area (Å²) in [5.74, 6) is 0. The van der Waals surface area contributed by atoms with Crippen molar-refractivity contribution in [1.82, 2.24) is 4.90 Å². The number of rotatable bonds is 8. The predicted octanol–water partition coefficient (Wildman–Crippen LogP) is 3.27. The smallest absolute Gasteiger partial charge is 0.410 e. The molecule has 6 nitrogen and oxygen atoms in total. The fourth-order valence-corrected chi connectivity index (χ4v) is 2.83. The number of aliphatic hydroxyl groups excluding tert-OH is 1. The third-order valence-corrected chi connectivity index (χ3v) is 4.00. The van der Waals surface area contributed by atoms with Gasteiger partial charge in [0.05, 0.1) is 18.2 Å². The number of carbonyl (C=O) groups excluding carboxylic acids is 1. The maximum atomic E-state index is 12.6. The van der Waals surface area contributed by atoms with Crippen molar-refractivity contribution >= 4 is 40.9 Å². The van der Waals surface area contributed by atoms with Crippen LogP contribution < -0.4 is 0 Å². The molecule has 1 aliphatic rings. The standard InChI is InChI=1S/C15H24Cl3NO5/c1-3-13(24-10-22-2)12-6-4-5-11(7-8-20)19(12)14(21)23-9-15(16,17)18/h4-5,11-13,20H,3,6-10H2,1-2H3/t11-,12+,13+/m1/s1. The van der Waals surface area contributed by atoms with Gasteiger partial charge in [0.25, 0.3) is 0 Å². The first kappa shape index (κ1) is 21.8. The average Bonchev–Trinajstić information content (AvgIpc) is 2.53. The zero-order chi connectivity index (χ0) is 18.2. The van der Waals surface area contributed by atoms with E-state index < -0.39 is 9.89 Å². The molecule has 0 aromatic heterocycles. The first-order chi connectivity index (χ1) is 11.3. The van der Waals surface area contributed by atoms with Gasteiger partial charge >= 0.3 is 6.09 Å². The van der Waals surface area contributed by atoms with Crippen molar-refractivity contribution < 1.29 is 24.1 Å². The number of ether oxygens (including phenoxy) is 3. The molecule has 0 aromatic rings. The van der Waals surface area contributed by atoms with Gasteiger partial charge in [-0.25, -0.2) is 4.79 Å². The van der Waals surface area contributed by atoms with Crippen LogP contribution in [0.1, 0.15) is 26.2 Å². The zero-order valence-corrected chi connectivity index (χ0v) is 16.1. The minimum absolute atomic E-state index is 0.0638. The van der Waals surface area contributed by atoms with Crippen LogP contribution >= 0.6 is 34.8 Å². The van der Waals surface area contributed by atoms with Crippen molar-refractivity contribution in [1.29, 1.82) is 0 Å². The van der Waals surface area contributed by atoms with Gasteiger partial charge in [-0.3, -0.25) is 4.90 Å². The highest BCUT2D eigenvalue weighted by Crippen LogP contribution is 2.29. The summed E-state index contributed by atoms with van der Waals surface area (Å²) in [7, 11) is 1.54. The molecular weight excluding hydrogens is 381 g/mol. The second-order valence-electron chi connectivity index (χ2n) is 5.41. The van der Waals surface area contributed by atoms with E-state index in [4.69, 9.17) is 49.0 Å². The highest BCUT2D eigenvalue weighted by molar-refractivity contribution is 6.67. The molecule has 0 unspecified atom stereocenters. The molecule has 0 bridgehead atoms. The van der Waals surface area contributed by atoms with E-state index >= 15 is 0 Å². The fourth-order valence-electron chi connectivity index (χ4n) is 2.67. The Hall–Kier alpha value is -0.240. The van der Waals surface area contributed by atoms with Crippen LogP contribution in [0.4, 0.5) is 4.79 Å². The second-order valence-corrected chi connectivity index (χ2v) is 7.92. The number of alkyl halides is 3. The Morgan fingerprint density at radius 1 is 1.46 bits per heavy atom. The van der Waals surface area contributed by atoms with E-state index in [1.54, 1.807) is 4.90 Å². The SMILES string of the molecule is CC[C@H](OCOC)[C@@H]1CC=C[C@H](CCO)N1C(=O)OCC(Cl)(Cl)Cl. The molecule has 0 aromatic carbocycles. The van der Waals surface area contributed by atoms with Crippen LogP contribution in [0.3, 0.4) is 0 Å². The lowest BCUT2D eigenvalue weighted by Crippen LogP contribution is -2.54. The van der Waals surface area contributed by atoms with Gasteiger partial charge in [0.15, 0.2) is 0 Å². The fraction of sp³-hybridized carbons (Fsp3) is 0.800. The summed E-state index contributed by atoms with van der Waals surface area (Å²) in [6.45, 7) is 1.67. The van der Waals surface area contributed by atoms with Crippen molar-refractivity contribution in [2.24, 2.45) is 0 Å². The largest absolute Gasteiger partial charge is 0.445 e. The Morgan fingerprint density at radius 2 is 2.17 bits per heavy atom. The second kappa shape index (κ2) is 10.7. The maximum Gasteiger partial charge on any atom is 0.410 e. The van der Waals surface area contributed by atoms with E-state index in [1.165, 1.54) is 7.11 Å². The predicted molar refractivity (Wildman–Crippen MR) is 93.6 cm³/mol. The molecule has 1 N–H and O–H groups in total. The van der Waals surface area contributed by atoms with E-state index in [9.17, 15) is 9.90 Å². The van der Waals surface area contributed by atoms with Crippen LogP contribution in [0.2, 0.25) is 0 Å². The first-order valence-corrected chi connectivity index (χ1v) is 8.87. The molecule has 24 heavy (non-hydrogen) atoms. The highest BCUT2D eigenvalue weighted by Gasteiger charge is 2.38. The Bertz CT molecular complexity index is 416. The Morgan fingerprint density at radius 3 is 2.71 bits per heavy atom. The molecule has 0 fully saturated rings. The number of hydrogen-bond acceptors (Lipinski definition) is 5. The molecule has 9 heteroatoms. The van der Waals surface area contributed by atoms with Crippen LogP contribution in [0.15, 0.2) is 12.2 Å². The summed E-state index contributed by atoms with van der Waals surface area (Å²) in [6, 6.07) is -0.564. The van der Waals surface area contributed by atoms with Crippen LogP contribution in [0.25, 0.3) is 0 Å². The van der Waals surface area contributed by atoms with Gasteiger partial charge in [-0.2, -0.15) is 0 Å². The Labute approximate surface area is 157 Å². The van der Waals surface area contributed by atoms with Crippen LogP contribution in [-0.2, 0) is 14.2 Å². The number of aliphatic hydroxyl groups is 1. The minimum Gasteiger partial charge on any atom is -0.445 e. The average molecular weight is 405 g/mol. The van der Waals surface area contributed by atoms with Gasteiger partial charge in [0.1, 0.15) is 13.4 Å². The minimum atomic E-state index is -1.68. The highest BCUT2D eigenvalue weighted by atomic mass is 35.6. The number of nitrogens with zero attached hydrogens (tertiary/aromatic N) is 1. The number of methoxy groups -OCH3 is 1. The number of carbonyl (C=O) groups is 1. The molecule has 0 radical (unpaired) electrons. The summed E-state index contributed by atoms with van der Waals surface area (Å²) in [4.78, 5) is 14.1. The van der Waals surface area contributed by atoms with Crippen LogP contribution in [-0.4, -0.2) is 65.2 Å². The van der Waals surface area contributed by atoms with Crippen LogP contribution in [0.5, 0.6) is 0 Å². The first-order valence-electron chi connectivity index (χ1n) is 7.74. The third kappa shape index (κ3) is 6.94. The van der Waals surface area contributed by atoms with E-state index in [0.29, 0.717) is 19.3 Å². The van der Waals surface area contributed by atoms with Crippen molar-refractivity contribution in [2.45, 2.75) is 48.2 Å². The summed E-state index contributed by atoms with van der Waals surface area (Å²) in [6.07, 6.45) is 4.67. The molecule has 0 saturated carbocycles. The van der Waals surface area contributed by atoms with E-state index in [2.05, 4.69) is 0 Å². The molecular formula is C15H24Cl3NO5. The number of amides is 1. The maximum absolute atomic E-state index is 12.6. The van der Waals surface area contributed by atoms with E-state index in [-0.39, 0.29) is 38.2 Å².